The molecule has 2 atom stereocenters. The zero-order chi connectivity index (χ0) is 14.9. The second-order valence-electron chi connectivity index (χ2n) is 5.51. The van der Waals surface area contributed by atoms with E-state index in [0.717, 1.165) is 33.1 Å². The lowest BCUT2D eigenvalue weighted by Gasteiger charge is -2.31. The Bertz CT molecular complexity index is 748. The van der Waals surface area contributed by atoms with Crippen LogP contribution in [-0.4, -0.2) is 22.4 Å². The molecule has 0 radical (unpaired) electrons. The number of thiazole rings is 1. The molecule has 0 bridgehead atoms. The molecule has 2 aromatic rings. The maximum absolute atomic E-state index is 11.9. The maximum Gasteiger partial charge on any atom is 0.250 e. The first-order valence-corrected chi connectivity index (χ1v) is 9.10. The Morgan fingerprint density at radius 2 is 2.36 bits per heavy atom. The zero-order valence-electron chi connectivity index (χ0n) is 11.9. The number of carbonyl (C=O) groups is 1. The molecule has 22 heavy (non-hydrogen) atoms. The number of thioether (sulfide) groups is 1. The van der Waals surface area contributed by atoms with Gasteiger partial charge in [-0.3, -0.25) is 4.79 Å². The van der Waals surface area contributed by atoms with Gasteiger partial charge in [0.05, 0.1) is 16.0 Å². The molecule has 6 heteroatoms. The topological polar surface area (TPSA) is 54.4 Å². The van der Waals surface area contributed by atoms with Crippen molar-refractivity contribution >= 4 is 44.9 Å². The molecule has 1 aromatic heterocycles. The number of nitrogens with one attached hydrogen (secondary N) is 1. The summed E-state index contributed by atoms with van der Waals surface area (Å²) in [4.78, 5) is 16.4. The molecule has 4 nitrogen and oxygen atoms in total. The summed E-state index contributed by atoms with van der Waals surface area (Å²) in [5.41, 5.74) is 4.80. The molecule has 1 amide bonds. The van der Waals surface area contributed by atoms with Gasteiger partial charge in [0.1, 0.15) is 0 Å². The number of para-hydroxylation sites is 1. The molecule has 4 rings (SSSR count). The summed E-state index contributed by atoms with van der Waals surface area (Å²) in [6.45, 7) is 0. The number of nitrogens with zero attached hydrogens (tertiary/aromatic N) is 2. The van der Waals surface area contributed by atoms with Crippen molar-refractivity contribution in [3.05, 3.63) is 36.4 Å². The van der Waals surface area contributed by atoms with Gasteiger partial charge in [0.2, 0.25) is 0 Å². The largest absolute Gasteiger partial charge is 0.272 e. The van der Waals surface area contributed by atoms with Gasteiger partial charge < -0.3 is 0 Å². The van der Waals surface area contributed by atoms with Crippen molar-refractivity contribution < 1.29 is 4.79 Å². The lowest BCUT2D eigenvalue weighted by atomic mass is 9.74. The predicted octanol–water partition coefficient (Wildman–Crippen LogP) is 3.46. The van der Waals surface area contributed by atoms with Crippen molar-refractivity contribution in [3.63, 3.8) is 0 Å². The van der Waals surface area contributed by atoms with Crippen LogP contribution in [0.1, 0.15) is 12.8 Å². The van der Waals surface area contributed by atoms with E-state index in [1.54, 1.807) is 11.3 Å². The summed E-state index contributed by atoms with van der Waals surface area (Å²) < 4.78 is 2.08. The normalized spacial score (nSPS) is 24.5. The van der Waals surface area contributed by atoms with Gasteiger partial charge in [-0.25, -0.2) is 10.4 Å². The van der Waals surface area contributed by atoms with Crippen molar-refractivity contribution in [1.82, 2.24) is 10.4 Å². The van der Waals surface area contributed by atoms with Crippen molar-refractivity contribution in [2.24, 2.45) is 16.9 Å². The molecular formula is C16H15N3OS2. The van der Waals surface area contributed by atoms with Crippen LogP contribution in [0.2, 0.25) is 0 Å². The van der Waals surface area contributed by atoms with Crippen LogP contribution in [-0.2, 0) is 4.79 Å². The van der Waals surface area contributed by atoms with Gasteiger partial charge in [-0.2, -0.15) is 5.10 Å². The fourth-order valence-corrected chi connectivity index (χ4v) is 4.73. The van der Waals surface area contributed by atoms with Crippen molar-refractivity contribution in [1.29, 1.82) is 0 Å². The number of hydrogen-bond acceptors (Lipinski definition) is 5. The van der Waals surface area contributed by atoms with Crippen LogP contribution in [0, 0.1) is 11.8 Å². The molecule has 0 unspecified atom stereocenters. The van der Waals surface area contributed by atoms with Crippen molar-refractivity contribution in [2.45, 2.75) is 17.2 Å². The highest BCUT2D eigenvalue weighted by Crippen LogP contribution is 2.40. The van der Waals surface area contributed by atoms with E-state index >= 15 is 0 Å². The van der Waals surface area contributed by atoms with Crippen molar-refractivity contribution in [3.8, 4) is 0 Å². The number of hydrogen-bond donors (Lipinski definition) is 1. The summed E-state index contributed by atoms with van der Waals surface area (Å²) in [5.74, 6) is 1.49. The average molecular weight is 329 g/mol. The van der Waals surface area contributed by atoms with Gasteiger partial charge in [0.15, 0.2) is 4.34 Å². The van der Waals surface area contributed by atoms with Crippen LogP contribution < -0.4 is 5.43 Å². The van der Waals surface area contributed by atoms with E-state index < -0.39 is 0 Å². The average Bonchev–Trinajstić information content (AvgIpc) is 3.09. The number of benzene rings is 1. The molecule has 112 valence electrons. The second-order valence-corrected chi connectivity index (χ2v) is 7.77. The van der Waals surface area contributed by atoms with Gasteiger partial charge in [-0.1, -0.05) is 36.0 Å². The Morgan fingerprint density at radius 3 is 3.23 bits per heavy atom. The minimum absolute atomic E-state index is 0.0637. The number of rotatable bonds is 4. The van der Waals surface area contributed by atoms with Gasteiger partial charge >= 0.3 is 0 Å². The Morgan fingerprint density at radius 1 is 1.45 bits per heavy atom. The lowest BCUT2D eigenvalue weighted by Crippen LogP contribution is -2.35. The number of hydrazone groups is 1. The van der Waals surface area contributed by atoms with E-state index in [1.807, 2.05) is 24.3 Å². The number of aromatic nitrogens is 1. The summed E-state index contributed by atoms with van der Waals surface area (Å²) >= 11 is 3.08. The maximum atomic E-state index is 11.9. The van der Waals surface area contributed by atoms with Gasteiger partial charge in [0, 0.05) is 11.6 Å². The molecule has 0 spiro atoms. The summed E-state index contributed by atoms with van der Waals surface area (Å²) in [6, 6.07) is 8.01. The second kappa shape index (κ2) is 5.85. The van der Waals surface area contributed by atoms with Gasteiger partial charge in [0.25, 0.3) is 5.91 Å². The highest BCUT2D eigenvalue weighted by atomic mass is 32.2. The van der Waals surface area contributed by atoms with Crippen LogP contribution in [0.5, 0.6) is 0 Å². The third-order valence-electron chi connectivity index (χ3n) is 4.09. The Kier molecular flexibility index (Phi) is 3.72. The molecule has 1 heterocycles. The minimum Gasteiger partial charge on any atom is -0.272 e. The monoisotopic (exact) mass is 329 g/mol. The van der Waals surface area contributed by atoms with E-state index in [9.17, 15) is 4.79 Å². The summed E-state index contributed by atoms with van der Waals surface area (Å²) in [5, 5.41) is 4.27. The van der Waals surface area contributed by atoms with Crippen LogP contribution in [0.25, 0.3) is 10.2 Å². The van der Waals surface area contributed by atoms with E-state index in [0.29, 0.717) is 17.6 Å². The molecular weight excluding hydrogens is 314 g/mol. The first-order chi connectivity index (χ1) is 10.8. The Hall–Kier alpha value is -1.66. The first-order valence-electron chi connectivity index (χ1n) is 7.30. The fraction of sp³-hybridized carbons (Fsp3) is 0.312. The number of carbonyl (C=O) groups excluding carboxylic acids is 1. The van der Waals surface area contributed by atoms with Crippen molar-refractivity contribution in [2.75, 3.05) is 5.75 Å². The van der Waals surface area contributed by atoms with E-state index in [4.69, 9.17) is 0 Å². The Labute approximate surface area is 136 Å². The van der Waals surface area contributed by atoms with Gasteiger partial charge in [-0.15, -0.1) is 11.3 Å². The SMILES string of the molecule is O=C(CSc1nc2ccccc2s1)N/N=C1\C[C@H]2C=CC[C@@H]12. The summed E-state index contributed by atoms with van der Waals surface area (Å²) in [6.07, 6.45) is 6.53. The zero-order valence-corrected chi connectivity index (χ0v) is 13.5. The van der Waals surface area contributed by atoms with E-state index in [2.05, 4.69) is 27.7 Å². The van der Waals surface area contributed by atoms with Crippen LogP contribution >= 0.6 is 23.1 Å². The highest BCUT2D eigenvalue weighted by Gasteiger charge is 2.37. The highest BCUT2D eigenvalue weighted by molar-refractivity contribution is 8.01. The number of fused-ring (bicyclic) bond motifs is 2. The molecule has 2 aliphatic rings. The number of allylic oxidation sites excluding steroid dienone is 2. The van der Waals surface area contributed by atoms with Crippen LogP contribution in [0.3, 0.4) is 0 Å². The minimum atomic E-state index is -0.0637. The predicted molar refractivity (Wildman–Crippen MR) is 91.3 cm³/mol. The van der Waals surface area contributed by atoms with Gasteiger partial charge in [-0.05, 0) is 30.9 Å². The molecule has 0 aliphatic heterocycles. The third kappa shape index (κ3) is 2.68. The molecule has 1 saturated carbocycles. The molecule has 0 saturated heterocycles. The third-order valence-corrected chi connectivity index (χ3v) is 6.27. The standard InChI is InChI=1S/C16H15N3OS2/c20-15(19-18-13-8-10-4-3-5-11(10)13)9-21-16-17-12-6-1-2-7-14(12)22-16/h1-4,6-7,10-11H,5,8-9H2,(H,19,20)/b18-13+/t10-,11-/m1/s1. The number of amides is 1. The molecule has 1 aromatic carbocycles. The smallest absolute Gasteiger partial charge is 0.250 e. The molecule has 1 N–H and O–H groups in total. The van der Waals surface area contributed by atoms with Crippen LogP contribution in [0.15, 0.2) is 45.9 Å². The Balaban J connectivity index is 1.30. The lowest BCUT2D eigenvalue weighted by molar-refractivity contribution is -0.118. The molecule has 2 aliphatic carbocycles. The fourth-order valence-electron chi connectivity index (χ4n) is 2.87. The van der Waals surface area contributed by atoms with E-state index in [1.165, 1.54) is 11.8 Å². The summed E-state index contributed by atoms with van der Waals surface area (Å²) in [7, 11) is 0. The van der Waals surface area contributed by atoms with E-state index in [-0.39, 0.29) is 5.91 Å². The quantitative estimate of drug-likeness (QED) is 0.531. The first kappa shape index (κ1) is 14.0. The van der Waals surface area contributed by atoms with Crippen LogP contribution in [0.4, 0.5) is 0 Å². The molecule has 1 fully saturated rings.